The summed E-state index contributed by atoms with van der Waals surface area (Å²) in [6, 6.07) is 9.81. The average Bonchev–Trinajstić information content (AvgIpc) is 2.47. The van der Waals surface area contributed by atoms with E-state index in [0.29, 0.717) is 5.56 Å². The van der Waals surface area contributed by atoms with E-state index in [1.54, 1.807) is 6.21 Å². The van der Waals surface area contributed by atoms with Crippen molar-refractivity contribution in [2.75, 3.05) is 0 Å². The van der Waals surface area contributed by atoms with Gasteiger partial charge in [0.1, 0.15) is 0 Å². The molecule has 0 aliphatic heterocycles. The van der Waals surface area contributed by atoms with Crippen molar-refractivity contribution in [1.29, 1.82) is 0 Å². The summed E-state index contributed by atoms with van der Waals surface area (Å²) >= 11 is 0. The zero-order valence-electron chi connectivity index (χ0n) is 11.2. The number of aliphatic imine (C=N–C) groups is 1. The first-order valence-corrected chi connectivity index (χ1v) is 7.06. The molecule has 1 aliphatic rings. The Kier molecular flexibility index (Phi) is 3.65. The third kappa shape index (κ3) is 2.80. The van der Waals surface area contributed by atoms with Gasteiger partial charge < -0.3 is 10.1 Å². The highest BCUT2D eigenvalue weighted by Gasteiger charge is 2.17. The highest BCUT2D eigenvalue weighted by Crippen LogP contribution is 2.20. The third-order valence-corrected chi connectivity index (χ3v) is 3.87. The number of H-pyrrole nitrogens is 1. The average molecular weight is 270 g/mol. The fourth-order valence-corrected chi connectivity index (χ4v) is 2.65. The van der Waals surface area contributed by atoms with Crippen LogP contribution in [-0.4, -0.2) is 28.5 Å². The quantitative estimate of drug-likeness (QED) is 0.822. The molecule has 2 aromatic rings. The maximum absolute atomic E-state index is 12.0. The molecule has 4 heteroatoms. The molecule has 3 rings (SSSR count). The van der Waals surface area contributed by atoms with Crippen LogP contribution in [-0.2, 0) is 0 Å². The summed E-state index contributed by atoms with van der Waals surface area (Å²) < 4.78 is 0. The molecule has 1 heterocycles. The number of pyridine rings is 1. The molecule has 1 fully saturated rings. The van der Waals surface area contributed by atoms with Crippen LogP contribution in [0.2, 0.25) is 0 Å². The number of rotatable bonds is 2. The molecular weight excluding hydrogens is 252 g/mol. The second kappa shape index (κ2) is 5.59. The molecule has 4 nitrogen and oxygen atoms in total. The van der Waals surface area contributed by atoms with Crippen LogP contribution in [0.25, 0.3) is 10.9 Å². The Morgan fingerprint density at radius 1 is 1.20 bits per heavy atom. The standard InChI is InChI=1S/C16H18N2O2/c19-14-7-5-13(6-8-14)17-10-12-9-11-3-1-2-4-15(11)18-16(12)20/h1-4,9-10,13-14,19H,5-8H2,(H,18,20). The van der Waals surface area contributed by atoms with Gasteiger partial charge in [-0.15, -0.1) is 0 Å². The van der Waals surface area contributed by atoms with Crippen molar-refractivity contribution in [2.24, 2.45) is 4.99 Å². The van der Waals surface area contributed by atoms with Crippen molar-refractivity contribution >= 4 is 17.1 Å². The Balaban J connectivity index is 1.83. The number of aliphatic hydroxyl groups excluding tert-OH is 1. The highest BCUT2D eigenvalue weighted by molar-refractivity contribution is 5.87. The molecule has 0 saturated heterocycles. The summed E-state index contributed by atoms with van der Waals surface area (Å²) in [7, 11) is 0. The van der Waals surface area contributed by atoms with Crippen molar-refractivity contribution in [3.63, 3.8) is 0 Å². The summed E-state index contributed by atoms with van der Waals surface area (Å²) in [5, 5.41) is 10.5. The number of aromatic nitrogens is 1. The van der Waals surface area contributed by atoms with Crippen molar-refractivity contribution in [3.05, 3.63) is 46.2 Å². The van der Waals surface area contributed by atoms with Crippen molar-refractivity contribution < 1.29 is 5.11 Å². The number of nitrogens with zero attached hydrogens (tertiary/aromatic N) is 1. The minimum Gasteiger partial charge on any atom is -0.393 e. The molecule has 2 N–H and O–H groups in total. The number of nitrogens with one attached hydrogen (secondary N) is 1. The van der Waals surface area contributed by atoms with Crippen LogP contribution in [0.4, 0.5) is 0 Å². The number of aromatic amines is 1. The number of benzene rings is 1. The molecule has 1 aliphatic carbocycles. The van der Waals surface area contributed by atoms with E-state index < -0.39 is 0 Å². The Bertz CT molecular complexity index is 682. The molecule has 0 unspecified atom stereocenters. The van der Waals surface area contributed by atoms with Gasteiger partial charge >= 0.3 is 0 Å². The SMILES string of the molecule is O=c1[nH]c2ccccc2cc1C=NC1CCC(O)CC1. The highest BCUT2D eigenvalue weighted by atomic mass is 16.3. The minimum absolute atomic E-state index is 0.108. The minimum atomic E-state index is -0.175. The predicted molar refractivity (Wildman–Crippen MR) is 80.4 cm³/mol. The van der Waals surface area contributed by atoms with E-state index in [0.717, 1.165) is 36.6 Å². The van der Waals surface area contributed by atoms with E-state index >= 15 is 0 Å². The number of aliphatic hydroxyl groups is 1. The normalized spacial score (nSPS) is 23.4. The van der Waals surface area contributed by atoms with Crippen molar-refractivity contribution in [2.45, 2.75) is 37.8 Å². The van der Waals surface area contributed by atoms with E-state index in [4.69, 9.17) is 0 Å². The first kappa shape index (κ1) is 13.1. The molecule has 1 aromatic heterocycles. The maximum atomic E-state index is 12.0. The summed E-state index contributed by atoms with van der Waals surface area (Å²) in [5.41, 5.74) is 1.33. The van der Waals surface area contributed by atoms with E-state index in [1.165, 1.54) is 0 Å². The smallest absolute Gasteiger partial charge is 0.257 e. The van der Waals surface area contributed by atoms with Gasteiger partial charge in [-0.3, -0.25) is 9.79 Å². The molecule has 104 valence electrons. The Hall–Kier alpha value is -1.94. The lowest BCUT2D eigenvalue weighted by Crippen LogP contribution is -2.21. The fraction of sp³-hybridized carbons (Fsp3) is 0.375. The molecule has 1 aromatic carbocycles. The maximum Gasteiger partial charge on any atom is 0.257 e. The van der Waals surface area contributed by atoms with Crippen LogP contribution in [0, 0.1) is 0 Å². The summed E-state index contributed by atoms with van der Waals surface area (Å²) in [6.07, 6.45) is 4.89. The second-order valence-electron chi connectivity index (χ2n) is 5.38. The van der Waals surface area contributed by atoms with Gasteiger partial charge in [0.05, 0.1) is 17.7 Å². The van der Waals surface area contributed by atoms with Gasteiger partial charge in [0, 0.05) is 11.7 Å². The van der Waals surface area contributed by atoms with Crippen LogP contribution in [0.5, 0.6) is 0 Å². The van der Waals surface area contributed by atoms with E-state index in [9.17, 15) is 9.90 Å². The fourth-order valence-electron chi connectivity index (χ4n) is 2.65. The van der Waals surface area contributed by atoms with Crippen LogP contribution < -0.4 is 5.56 Å². The van der Waals surface area contributed by atoms with Gasteiger partial charge in [0.25, 0.3) is 5.56 Å². The first-order chi connectivity index (χ1) is 9.72. The lowest BCUT2D eigenvalue weighted by Gasteiger charge is -2.21. The number of hydrogen-bond donors (Lipinski definition) is 2. The predicted octanol–water partition coefficient (Wildman–Crippen LogP) is 2.25. The molecule has 20 heavy (non-hydrogen) atoms. The molecule has 0 spiro atoms. The van der Waals surface area contributed by atoms with Crippen LogP contribution >= 0.6 is 0 Å². The van der Waals surface area contributed by atoms with Crippen LogP contribution in [0.15, 0.2) is 40.1 Å². The Morgan fingerprint density at radius 3 is 2.75 bits per heavy atom. The number of fused-ring (bicyclic) bond motifs is 1. The molecule has 0 amide bonds. The third-order valence-electron chi connectivity index (χ3n) is 3.87. The number of hydrogen-bond acceptors (Lipinski definition) is 3. The van der Waals surface area contributed by atoms with E-state index in [1.807, 2.05) is 30.3 Å². The Labute approximate surface area is 117 Å². The van der Waals surface area contributed by atoms with E-state index in [2.05, 4.69) is 9.98 Å². The molecule has 0 bridgehead atoms. The summed E-state index contributed by atoms with van der Waals surface area (Å²) in [4.78, 5) is 19.3. The van der Waals surface area contributed by atoms with Crippen molar-refractivity contribution in [3.8, 4) is 0 Å². The molecule has 1 saturated carbocycles. The van der Waals surface area contributed by atoms with Crippen LogP contribution in [0.3, 0.4) is 0 Å². The Morgan fingerprint density at radius 2 is 1.95 bits per heavy atom. The van der Waals surface area contributed by atoms with Gasteiger partial charge in [0.2, 0.25) is 0 Å². The largest absolute Gasteiger partial charge is 0.393 e. The second-order valence-corrected chi connectivity index (χ2v) is 5.38. The zero-order chi connectivity index (χ0) is 13.9. The summed E-state index contributed by atoms with van der Waals surface area (Å²) in [6.45, 7) is 0. The first-order valence-electron chi connectivity index (χ1n) is 7.06. The van der Waals surface area contributed by atoms with Gasteiger partial charge in [0.15, 0.2) is 0 Å². The molecule has 0 radical (unpaired) electrons. The van der Waals surface area contributed by atoms with E-state index in [-0.39, 0.29) is 17.7 Å². The molecular formula is C16H18N2O2. The van der Waals surface area contributed by atoms with Gasteiger partial charge in [-0.2, -0.15) is 0 Å². The van der Waals surface area contributed by atoms with Crippen LogP contribution in [0.1, 0.15) is 31.2 Å². The molecule has 0 atom stereocenters. The topological polar surface area (TPSA) is 65.5 Å². The van der Waals surface area contributed by atoms with Gasteiger partial charge in [-0.05, 0) is 43.2 Å². The number of para-hydroxylation sites is 1. The summed E-state index contributed by atoms with van der Waals surface area (Å²) in [5.74, 6) is 0. The zero-order valence-corrected chi connectivity index (χ0v) is 11.2. The van der Waals surface area contributed by atoms with Crippen molar-refractivity contribution in [1.82, 2.24) is 4.98 Å². The monoisotopic (exact) mass is 270 g/mol. The van der Waals surface area contributed by atoms with Gasteiger partial charge in [-0.25, -0.2) is 0 Å². The van der Waals surface area contributed by atoms with Gasteiger partial charge in [-0.1, -0.05) is 18.2 Å². The lowest BCUT2D eigenvalue weighted by molar-refractivity contribution is 0.123. The lowest BCUT2D eigenvalue weighted by atomic mass is 9.93.